The molecule has 1 saturated heterocycles. The SMILES string of the molecule is CC1(C)CCC(CN2CCN(c3ccc(C(=O)NS(=O)(=O)c4ccc(N)c(C(N)=O)c4)c(Oc4cnc5[nH]ccc5c4)c3)CC2)=C(c2ccc(Cl)cc2)C1. The van der Waals surface area contributed by atoms with E-state index in [1.165, 1.54) is 35.0 Å². The summed E-state index contributed by atoms with van der Waals surface area (Å²) in [7, 11) is -4.43. The highest BCUT2D eigenvalue weighted by Crippen LogP contribution is 2.43. The fraction of sp³-hybridized carbons (Fsp3) is 0.275. The first-order valence-corrected chi connectivity index (χ1v) is 19.6. The van der Waals surface area contributed by atoms with E-state index >= 15 is 0 Å². The van der Waals surface area contributed by atoms with Gasteiger partial charge in [0.15, 0.2) is 0 Å². The topological polar surface area (TPSA) is 177 Å². The van der Waals surface area contributed by atoms with Crippen LogP contribution in [0.3, 0.4) is 0 Å². The van der Waals surface area contributed by atoms with Crippen molar-refractivity contribution in [1.82, 2.24) is 19.6 Å². The van der Waals surface area contributed by atoms with Gasteiger partial charge in [0.25, 0.3) is 21.8 Å². The number of nitrogen functional groups attached to an aromatic ring is 1. The van der Waals surface area contributed by atoms with Crippen LogP contribution in [0.25, 0.3) is 16.6 Å². The molecule has 12 nitrogen and oxygen atoms in total. The molecule has 1 aliphatic heterocycles. The van der Waals surface area contributed by atoms with Crippen LogP contribution in [0, 0.1) is 5.41 Å². The van der Waals surface area contributed by atoms with Gasteiger partial charge in [0.1, 0.15) is 17.1 Å². The van der Waals surface area contributed by atoms with Gasteiger partial charge in [-0.1, -0.05) is 43.2 Å². The number of nitrogens with two attached hydrogens (primary N) is 2. The molecule has 1 aliphatic carbocycles. The largest absolute Gasteiger partial charge is 0.455 e. The summed E-state index contributed by atoms with van der Waals surface area (Å²) in [6, 6.07) is 20.4. The number of benzene rings is 3. The van der Waals surface area contributed by atoms with E-state index in [1.807, 2.05) is 18.2 Å². The normalized spacial score (nSPS) is 16.4. The molecule has 14 heteroatoms. The van der Waals surface area contributed by atoms with Crippen LogP contribution in [0.15, 0.2) is 95.7 Å². The zero-order valence-electron chi connectivity index (χ0n) is 30.1. The fourth-order valence-corrected chi connectivity index (χ4v) is 8.25. The van der Waals surface area contributed by atoms with E-state index in [-0.39, 0.29) is 32.9 Å². The molecule has 3 heterocycles. The Morgan fingerprint density at radius 3 is 2.48 bits per heavy atom. The molecule has 0 spiro atoms. The lowest BCUT2D eigenvalue weighted by Gasteiger charge is -2.39. The molecule has 6 N–H and O–H groups in total. The van der Waals surface area contributed by atoms with Crippen molar-refractivity contribution in [2.75, 3.05) is 43.4 Å². The van der Waals surface area contributed by atoms with Crippen molar-refractivity contribution in [3.63, 3.8) is 0 Å². The summed E-state index contributed by atoms with van der Waals surface area (Å²) >= 11 is 6.22. The van der Waals surface area contributed by atoms with E-state index < -0.39 is 21.8 Å². The van der Waals surface area contributed by atoms with Crippen LogP contribution in [0.5, 0.6) is 11.5 Å². The van der Waals surface area contributed by atoms with Gasteiger partial charge in [0.2, 0.25) is 0 Å². The van der Waals surface area contributed by atoms with Gasteiger partial charge in [0.05, 0.1) is 22.2 Å². The average Bonchev–Trinajstić information content (AvgIpc) is 3.61. The summed E-state index contributed by atoms with van der Waals surface area (Å²) in [5.74, 6) is -1.30. The van der Waals surface area contributed by atoms with E-state index in [0.717, 1.165) is 74.1 Å². The summed E-state index contributed by atoms with van der Waals surface area (Å²) in [6.07, 6.45) is 6.51. The molecule has 0 radical (unpaired) electrons. The Morgan fingerprint density at radius 2 is 1.74 bits per heavy atom. The lowest BCUT2D eigenvalue weighted by atomic mass is 9.72. The predicted octanol–water partition coefficient (Wildman–Crippen LogP) is 6.59. The molecule has 5 aromatic rings. The molecule has 2 aliphatic rings. The lowest BCUT2D eigenvalue weighted by molar-refractivity contribution is 0.0976. The number of halogens is 1. The number of hydrogen-bond donors (Lipinski definition) is 4. The quantitative estimate of drug-likeness (QED) is 0.114. The summed E-state index contributed by atoms with van der Waals surface area (Å²) in [6.45, 7) is 8.71. The second-order valence-corrected chi connectivity index (χ2v) is 16.7. The number of anilines is 2. The van der Waals surface area contributed by atoms with Crippen molar-refractivity contribution in [2.45, 2.75) is 38.0 Å². The van der Waals surface area contributed by atoms with Crippen molar-refractivity contribution in [2.24, 2.45) is 11.1 Å². The number of amides is 2. The van der Waals surface area contributed by atoms with Crippen molar-refractivity contribution in [1.29, 1.82) is 0 Å². The molecular weight excluding hydrogens is 726 g/mol. The second-order valence-electron chi connectivity index (χ2n) is 14.6. The van der Waals surface area contributed by atoms with Crippen LogP contribution in [0.1, 0.15) is 59.4 Å². The number of aromatic amines is 1. The van der Waals surface area contributed by atoms with Gasteiger partial charge < -0.3 is 26.1 Å². The number of aromatic nitrogens is 2. The molecule has 0 atom stereocenters. The van der Waals surface area contributed by atoms with Gasteiger partial charge >= 0.3 is 0 Å². The molecule has 3 aromatic carbocycles. The van der Waals surface area contributed by atoms with E-state index in [4.69, 9.17) is 27.8 Å². The van der Waals surface area contributed by atoms with Gasteiger partial charge in [-0.05, 0) is 90.4 Å². The van der Waals surface area contributed by atoms with Gasteiger partial charge in [-0.2, -0.15) is 0 Å². The highest BCUT2D eigenvalue weighted by atomic mass is 35.5. The maximum absolute atomic E-state index is 13.7. The van der Waals surface area contributed by atoms with Crippen LogP contribution in [0.4, 0.5) is 11.4 Å². The van der Waals surface area contributed by atoms with Crippen molar-refractivity contribution in [3.8, 4) is 11.5 Å². The monoisotopic (exact) mass is 767 g/mol. The van der Waals surface area contributed by atoms with Gasteiger partial charge in [-0.25, -0.2) is 18.1 Å². The van der Waals surface area contributed by atoms with E-state index in [2.05, 4.69) is 50.5 Å². The fourth-order valence-electron chi connectivity index (χ4n) is 7.13. The zero-order chi connectivity index (χ0) is 38.2. The number of primary amides is 1. The Morgan fingerprint density at radius 1 is 0.981 bits per heavy atom. The number of H-pyrrole nitrogens is 1. The number of rotatable bonds is 10. The highest BCUT2D eigenvalue weighted by Gasteiger charge is 2.30. The molecule has 54 heavy (non-hydrogen) atoms. The molecule has 2 amide bonds. The maximum Gasteiger partial charge on any atom is 0.268 e. The number of carbonyl (C=O) groups is 2. The number of allylic oxidation sites excluding steroid dienone is 1. The third kappa shape index (κ3) is 8.08. The van der Waals surface area contributed by atoms with E-state index in [9.17, 15) is 18.0 Å². The lowest BCUT2D eigenvalue weighted by Crippen LogP contribution is -2.47. The number of nitrogens with one attached hydrogen (secondary N) is 2. The van der Waals surface area contributed by atoms with Crippen LogP contribution in [0.2, 0.25) is 5.02 Å². The Hall–Kier alpha value is -5.37. The van der Waals surface area contributed by atoms with Crippen molar-refractivity contribution < 1.29 is 22.7 Å². The minimum atomic E-state index is -4.43. The van der Waals surface area contributed by atoms with Gasteiger partial charge in [-0.3, -0.25) is 14.5 Å². The van der Waals surface area contributed by atoms with Crippen LogP contribution >= 0.6 is 11.6 Å². The number of pyridine rings is 1. The first-order valence-electron chi connectivity index (χ1n) is 17.7. The molecular formula is C40H42ClN7O5S. The minimum absolute atomic E-state index is 0.0115. The Bertz CT molecular complexity index is 2380. The number of hydrogen-bond acceptors (Lipinski definition) is 9. The Balaban J connectivity index is 1.12. The average molecular weight is 768 g/mol. The molecule has 0 saturated carbocycles. The number of carbonyl (C=O) groups excluding carboxylic acids is 2. The second kappa shape index (κ2) is 14.8. The predicted molar refractivity (Wildman–Crippen MR) is 211 cm³/mol. The minimum Gasteiger partial charge on any atom is -0.455 e. The Labute approximate surface area is 319 Å². The maximum atomic E-state index is 13.7. The van der Waals surface area contributed by atoms with Crippen molar-refractivity contribution >= 4 is 61.4 Å². The summed E-state index contributed by atoms with van der Waals surface area (Å²) in [5.41, 5.74) is 16.9. The molecule has 1 fully saturated rings. The van der Waals surface area contributed by atoms with Crippen LogP contribution in [-0.2, 0) is 10.0 Å². The van der Waals surface area contributed by atoms with E-state index in [1.54, 1.807) is 30.5 Å². The Kier molecular flexibility index (Phi) is 10.1. The third-order valence-corrected chi connectivity index (χ3v) is 11.8. The molecule has 0 bridgehead atoms. The number of ether oxygens (including phenoxy) is 1. The third-order valence-electron chi connectivity index (χ3n) is 10.2. The summed E-state index contributed by atoms with van der Waals surface area (Å²) in [5, 5.41) is 1.54. The smallest absolute Gasteiger partial charge is 0.268 e. The molecule has 0 unspecified atom stereocenters. The molecule has 7 rings (SSSR count). The van der Waals surface area contributed by atoms with Gasteiger partial charge in [-0.15, -0.1) is 0 Å². The number of piperazine rings is 1. The number of sulfonamides is 1. The molecule has 280 valence electrons. The summed E-state index contributed by atoms with van der Waals surface area (Å²) in [4.78, 5) is 37.3. The number of nitrogens with zero attached hydrogens (tertiary/aromatic N) is 3. The first kappa shape index (κ1) is 37.0. The van der Waals surface area contributed by atoms with E-state index in [0.29, 0.717) is 11.4 Å². The molecule has 2 aromatic heterocycles. The zero-order valence-corrected chi connectivity index (χ0v) is 31.6. The first-order chi connectivity index (χ1) is 25.7. The van der Waals surface area contributed by atoms with Crippen LogP contribution < -0.4 is 25.8 Å². The highest BCUT2D eigenvalue weighted by molar-refractivity contribution is 7.90. The van der Waals surface area contributed by atoms with Crippen LogP contribution in [-0.4, -0.2) is 67.8 Å². The standard InChI is InChI=1S/C40H42ClN7O5S/c1-40(2)13-11-27(34(22-40)25-3-5-28(41)6-4-25)24-47-15-17-48(18-16-47)29-7-9-32(36(20-29)53-30-19-26-12-14-44-38(26)45-23-30)39(50)46-54(51,52)31-8-10-35(42)33(21-31)37(43)49/h3-10,12,14,19-21,23H,11,13,15-18,22,24,42H2,1-2H3,(H2,43,49)(H,44,45)(H,46,50). The number of fused-ring (bicyclic) bond motifs is 1. The van der Waals surface area contributed by atoms with Gasteiger partial charge in [0, 0.05) is 66.8 Å². The summed E-state index contributed by atoms with van der Waals surface area (Å²) < 4.78 is 35.0. The van der Waals surface area contributed by atoms with Crippen molar-refractivity contribution in [3.05, 3.63) is 112 Å².